The van der Waals surface area contributed by atoms with Crippen LogP contribution in [-0.2, 0) is 0 Å². The average Bonchev–Trinajstić information content (AvgIpc) is 2.97. The number of hydrogen-bond acceptors (Lipinski definition) is 6. The van der Waals surface area contributed by atoms with Crippen LogP contribution in [0.1, 0.15) is 50.7 Å². The summed E-state index contributed by atoms with van der Waals surface area (Å²) in [5.74, 6) is -0.657. The Bertz CT molecular complexity index is 1570. The molecule has 2 aromatic carbocycles. The van der Waals surface area contributed by atoms with Gasteiger partial charge < -0.3 is 10.2 Å². The quantitative estimate of drug-likeness (QED) is 0.245. The number of nitrogens with one attached hydrogen (secondary N) is 1. The van der Waals surface area contributed by atoms with Crippen LogP contribution in [0.15, 0.2) is 79.1 Å². The smallest absolute Gasteiger partial charge is 0.290 e. The highest BCUT2D eigenvalue weighted by molar-refractivity contribution is 6.08. The standard InChI is InChI=1S/C30H26FN5O4/c1-19-17-26(33-18-27(19)36(39)40)30(38)35-15-12-21(13-16-35)20-6-10-24(11-7-20)34-29(37)25-3-2-14-32-28(25)22-4-8-23(31)9-5-22/h2-11,14,17-18,21H,12-13,15-16H2,1H3,(H,34,37). The third-order valence-corrected chi connectivity index (χ3v) is 7.09. The van der Waals surface area contributed by atoms with Crippen molar-refractivity contribution in [3.8, 4) is 11.3 Å². The van der Waals surface area contributed by atoms with Crippen molar-refractivity contribution in [2.24, 2.45) is 0 Å². The lowest BCUT2D eigenvalue weighted by atomic mass is 9.89. The minimum atomic E-state index is -0.511. The van der Waals surface area contributed by atoms with E-state index < -0.39 is 4.92 Å². The number of nitrogens with zero attached hydrogens (tertiary/aromatic N) is 4. The summed E-state index contributed by atoms with van der Waals surface area (Å²) in [5, 5.41) is 13.9. The second-order valence-electron chi connectivity index (χ2n) is 9.66. The molecule has 1 aliphatic rings. The fourth-order valence-corrected chi connectivity index (χ4v) is 4.90. The summed E-state index contributed by atoms with van der Waals surface area (Å²) >= 11 is 0. The molecular formula is C30H26FN5O4. The van der Waals surface area contributed by atoms with E-state index in [9.17, 15) is 24.1 Å². The summed E-state index contributed by atoms with van der Waals surface area (Å²) in [6.45, 7) is 2.69. The van der Waals surface area contributed by atoms with E-state index in [1.165, 1.54) is 18.2 Å². The Labute approximate surface area is 229 Å². The zero-order chi connectivity index (χ0) is 28.2. The molecule has 3 heterocycles. The molecule has 0 aliphatic carbocycles. The Morgan fingerprint density at radius 2 is 1.73 bits per heavy atom. The lowest BCUT2D eigenvalue weighted by Crippen LogP contribution is -2.38. The molecule has 2 amide bonds. The van der Waals surface area contributed by atoms with Crippen molar-refractivity contribution < 1.29 is 18.9 Å². The number of carbonyl (C=O) groups is 2. The SMILES string of the molecule is Cc1cc(C(=O)N2CCC(c3ccc(NC(=O)c4cccnc4-c4ccc(F)cc4)cc3)CC2)ncc1[N+](=O)[O-]. The monoisotopic (exact) mass is 539 g/mol. The Morgan fingerprint density at radius 1 is 1.02 bits per heavy atom. The molecule has 0 radical (unpaired) electrons. The number of piperidine rings is 1. The zero-order valence-electron chi connectivity index (χ0n) is 21.7. The molecular weight excluding hydrogens is 513 g/mol. The van der Waals surface area contributed by atoms with Gasteiger partial charge in [-0.3, -0.25) is 24.7 Å². The summed E-state index contributed by atoms with van der Waals surface area (Å²) in [6, 6.07) is 18.3. The van der Waals surface area contributed by atoms with E-state index in [0.29, 0.717) is 41.2 Å². The highest BCUT2D eigenvalue weighted by Crippen LogP contribution is 2.30. The topological polar surface area (TPSA) is 118 Å². The summed E-state index contributed by atoms with van der Waals surface area (Å²) in [7, 11) is 0. The Balaban J connectivity index is 1.20. The fraction of sp³-hybridized carbons (Fsp3) is 0.200. The van der Waals surface area contributed by atoms with E-state index in [0.717, 1.165) is 24.6 Å². The van der Waals surface area contributed by atoms with Crippen molar-refractivity contribution in [3.05, 3.63) is 117 Å². The van der Waals surface area contributed by atoms with Crippen molar-refractivity contribution in [1.82, 2.24) is 14.9 Å². The third-order valence-electron chi connectivity index (χ3n) is 7.09. The number of benzene rings is 2. The van der Waals surface area contributed by atoms with E-state index >= 15 is 0 Å². The van der Waals surface area contributed by atoms with Crippen LogP contribution in [0.5, 0.6) is 0 Å². The number of halogens is 1. The second-order valence-corrected chi connectivity index (χ2v) is 9.66. The number of likely N-dealkylation sites (tertiary alicyclic amines) is 1. The average molecular weight is 540 g/mol. The van der Waals surface area contributed by atoms with Gasteiger partial charge in [0.25, 0.3) is 17.5 Å². The molecule has 40 heavy (non-hydrogen) atoms. The minimum Gasteiger partial charge on any atom is -0.337 e. The zero-order valence-corrected chi connectivity index (χ0v) is 21.7. The summed E-state index contributed by atoms with van der Waals surface area (Å²) in [6.07, 6.45) is 4.25. The van der Waals surface area contributed by atoms with E-state index in [2.05, 4.69) is 15.3 Å². The first-order valence-corrected chi connectivity index (χ1v) is 12.8. The number of amides is 2. The molecule has 1 aliphatic heterocycles. The molecule has 0 saturated carbocycles. The fourth-order valence-electron chi connectivity index (χ4n) is 4.90. The van der Waals surface area contributed by atoms with Gasteiger partial charge in [-0.2, -0.15) is 0 Å². The van der Waals surface area contributed by atoms with Gasteiger partial charge in [0.15, 0.2) is 0 Å². The van der Waals surface area contributed by atoms with Crippen molar-refractivity contribution in [2.45, 2.75) is 25.7 Å². The maximum Gasteiger partial charge on any atom is 0.290 e. The van der Waals surface area contributed by atoms with Gasteiger partial charge in [-0.05, 0) is 85.8 Å². The molecule has 2 aromatic heterocycles. The maximum absolute atomic E-state index is 13.4. The van der Waals surface area contributed by atoms with Crippen LogP contribution in [0.3, 0.4) is 0 Å². The van der Waals surface area contributed by atoms with Crippen LogP contribution >= 0.6 is 0 Å². The number of anilines is 1. The Kier molecular flexibility index (Phi) is 7.59. The van der Waals surface area contributed by atoms with Crippen LogP contribution in [0.4, 0.5) is 15.8 Å². The minimum absolute atomic E-state index is 0.108. The van der Waals surface area contributed by atoms with Gasteiger partial charge >= 0.3 is 0 Å². The Hall–Kier alpha value is -4.99. The molecule has 10 heteroatoms. The van der Waals surface area contributed by atoms with Gasteiger partial charge in [-0.15, -0.1) is 0 Å². The number of aryl methyl sites for hydroxylation is 1. The van der Waals surface area contributed by atoms with Crippen molar-refractivity contribution in [1.29, 1.82) is 0 Å². The number of rotatable bonds is 6. The van der Waals surface area contributed by atoms with Crippen LogP contribution in [-0.4, -0.2) is 44.7 Å². The van der Waals surface area contributed by atoms with E-state index in [4.69, 9.17) is 0 Å². The molecule has 0 bridgehead atoms. The molecule has 4 aromatic rings. The predicted molar refractivity (Wildman–Crippen MR) is 148 cm³/mol. The first-order chi connectivity index (χ1) is 19.3. The van der Waals surface area contributed by atoms with Crippen LogP contribution in [0, 0.1) is 22.9 Å². The van der Waals surface area contributed by atoms with E-state index in [-0.39, 0.29) is 34.9 Å². The lowest BCUT2D eigenvalue weighted by molar-refractivity contribution is -0.385. The molecule has 1 N–H and O–H groups in total. The normalized spacial score (nSPS) is 13.6. The molecule has 0 unspecified atom stereocenters. The molecule has 9 nitrogen and oxygen atoms in total. The van der Waals surface area contributed by atoms with Gasteiger partial charge in [0.1, 0.15) is 17.7 Å². The van der Waals surface area contributed by atoms with Crippen LogP contribution in [0.25, 0.3) is 11.3 Å². The van der Waals surface area contributed by atoms with Gasteiger partial charge in [0, 0.05) is 36.1 Å². The van der Waals surface area contributed by atoms with Crippen molar-refractivity contribution >= 4 is 23.2 Å². The van der Waals surface area contributed by atoms with Gasteiger partial charge in [-0.1, -0.05) is 12.1 Å². The second kappa shape index (κ2) is 11.4. The van der Waals surface area contributed by atoms with Crippen molar-refractivity contribution in [3.63, 3.8) is 0 Å². The molecule has 1 saturated heterocycles. The first kappa shape index (κ1) is 26.6. The number of nitro groups is 1. The van der Waals surface area contributed by atoms with Gasteiger partial charge in [0.2, 0.25) is 0 Å². The van der Waals surface area contributed by atoms with E-state index in [1.54, 1.807) is 42.3 Å². The number of carbonyl (C=O) groups excluding carboxylic acids is 2. The van der Waals surface area contributed by atoms with E-state index in [1.807, 2.05) is 24.3 Å². The molecule has 0 spiro atoms. The molecule has 5 rings (SSSR count). The largest absolute Gasteiger partial charge is 0.337 e. The first-order valence-electron chi connectivity index (χ1n) is 12.8. The van der Waals surface area contributed by atoms with Crippen LogP contribution < -0.4 is 5.32 Å². The van der Waals surface area contributed by atoms with Crippen LogP contribution in [0.2, 0.25) is 0 Å². The highest BCUT2D eigenvalue weighted by atomic mass is 19.1. The molecule has 0 atom stereocenters. The summed E-state index contributed by atoms with van der Waals surface area (Å²) in [4.78, 5) is 46.5. The number of aromatic nitrogens is 2. The molecule has 202 valence electrons. The number of pyridine rings is 2. The summed E-state index contributed by atoms with van der Waals surface area (Å²) < 4.78 is 13.4. The maximum atomic E-state index is 13.4. The lowest BCUT2D eigenvalue weighted by Gasteiger charge is -2.32. The highest BCUT2D eigenvalue weighted by Gasteiger charge is 2.26. The Morgan fingerprint density at radius 3 is 2.38 bits per heavy atom. The third kappa shape index (κ3) is 5.70. The summed E-state index contributed by atoms with van der Waals surface area (Å²) in [5.41, 5.74) is 3.75. The van der Waals surface area contributed by atoms with Gasteiger partial charge in [-0.25, -0.2) is 9.37 Å². The number of hydrogen-bond donors (Lipinski definition) is 1. The van der Waals surface area contributed by atoms with Crippen molar-refractivity contribution in [2.75, 3.05) is 18.4 Å². The molecule has 1 fully saturated rings. The predicted octanol–water partition coefficient (Wildman–Crippen LogP) is 5.77. The van der Waals surface area contributed by atoms with Gasteiger partial charge in [0.05, 0.1) is 16.2 Å².